The molecule has 0 aromatic carbocycles. The molecular weight excluding hydrogens is 286 g/mol. The van der Waals surface area contributed by atoms with Crippen molar-refractivity contribution >= 4 is 33.0 Å². The van der Waals surface area contributed by atoms with Gasteiger partial charge in [0.05, 0.1) is 20.8 Å². The first-order valence-electron chi connectivity index (χ1n) is 4.86. The molecule has 0 saturated heterocycles. The second kappa shape index (κ2) is 4.89. The fourth-order valence-electron chi connectivity index (χ4n) is 1.41. The van der Waals surface area contributed by atoms with Crippen molar-refractivity contribution in [2.75, 3.05) is 0 Å². The molecule has 2 nitrogen and oxygen atoms in total. The van der Waals surface area contributed by atoms with E-state index in [0.717, 1.165) is 19.9 Å². The van der Waals surface area contributed by atoms with Crippen molar-refractivity contribution in [2.45, 2.75) is 13.3 Å². The molecule has 82 valence electrons. The first kappa shape index (κ1) is 11.5. The maximum atomic E-state index is 11.9. The van der Waals surface area contributed by atoms with Crippen LogP contribution in [0.3, 0.4) is 0 Å². The minimum Gasteiger partial charge on any atom is -0.293 e. The number of hydrogen-bond donors (Lipinski definition) is 0. The number of carbonyl (C=O) groups is 1. The first-order chi connectivity index (χ1) is 7.66. The highest BCUT2D eigenvalue weighted by Crippen LogP contribution is 2.23. The lowest BCUT2D eigenvalue weighted by atomic mass is 10.1. The fourth-order valence-corrected chi connectivity index (χ4v) is 2.73. The average Bonchev–Trinajstić information content (AvgIpc) is 2.68. The van der Waals surface area contributed by atoms with Gasteiger partial charge in [0.2, 0.25) is 0 Å². The smallest absolute Gasteiger partial charge is 0.178 e. The maximum Gasteiger partial charge on any atom is 0.178 e. The summed E-state index contributed by atoms with van der Waals surface area (Å²) in [6, 6.07) is 7.59. The number of aryl methyl sites for hydroxylation is 1. The summed E-state index contributed by atoms with van der Waals surface area (Å²) in [6.07, 6.45) is 2.10. The molecule has 0 aliphatic heterocycles. The first-order valence-corrected chi connectivity index (χ1v) is 6.47. The molecule has 0 bridgehead atoms. The van der Waals surface area contributed by atoms with Crippen molar-refractivity contribution in [2.24, 2.45) is 0 Å². The van der Waals surface area contributed by atoms with Crippen LogP contribution < -0.4 is 0 Å². The van der Waals surface area contributed by atoms with Crippen LogP contribution in [-0.4, -0.2) is 10.8 Å². The molecule has 0 radical (unpaired) electrons. The summed E-state index contributed by atoms with van der Waals surface area (Å²) < 4.78 is 0.980. The van der Waals surface area contributed by atoms with Crippen molar-refractivity contribution in [1.82, 2.24) is 4.98 Å². The standard InChI is InChI=1S/C12H10BrNOS/c1-8-3-2-6-14-9(8)7-10(15)11-4-5-12(13)16-11/h2-6H,7H2,1H3. The molecular formula is C12H10BrNOS. The van der Waals surface area contributed by atoms with Gasteiger partial charge < -0.3 is 0 Å². The molecule has 0 atom stereocenters. The molecule has 2 aromatic heterocycles. The Kier molecular flexibility index (Phi) is 3.51. The highest BCUT2D eigenvalue weighted by Gasteiger charge is 2.11. The molecule has 0 spiro atoms. The zero-order chi connectivity index (χ0) is 11.5. The molecule has 2 aromatic rings. The number of carbonyl (C=O) groups excluding carboxylic acids is 1. The monoisotopic (exact) mass is 295 g/mol. The molecule has 16 heavy (non-hydrogen) atoms. The van der Waals surface area contributed by atoms with Crippen molar-refractivity contribution in [1.29, 1.82) is 0 Å². The van der Waals surface area contributed by atoms with Crippen LogP contribution in [0.2, 0.25) is 0 Å². The largest absolute Gasteiger partial charge is 0.293 e. The summed E-state index contributed by atoms with van der Waals surface area (Å²) in [6.45, 7) is 1.97. The maximum absolute atomic E-state index is 11.9. The Morgan fingerprint density at radius 1 is 1.44 bits per heavy atom. The van der Waals surface area contributed by atoms with Gasteiger partial charge in [0.25, 0.3) is 0 Å². The van der Waals surface area contributed by atoms with Gasteiger partial charge in [-0.1, -0.05) is 6.07 Å². The van der Waals surface area contributed by atoms with Crippen LogP contribution >= 0.6 is 27.3 Å². The van der Waals surface area contributed by atoms with Crippen LogP contribution in [0.4, 0.5) is 0 Å². The molecule has 0 aliphatic rings. The Morgan fingerprint density at radius 3 is 2.88 bits per heavy atom. The highest BCUT2D eigenvalue weighted by molar-refractivity contribution is 9.11. The van der Waals surface area contributed by atoms with Gasteiger partial charge in [0.15, 0.2) is 5.78 Å². The van der Waals surface area contributed by atoms with E-state index in [1.807, 2.05) is 31.2 Å². The Morgan fingerprint density at radius 2 is 2.25 bits per heavy atom. The second-order valence-corrected chi connectivity index (χ2v) is 5.93. The summed E-state index contributed by atoms with van der Waals surface area (Å²) in [7, 11) is 0. The van der Waals surface area contributed by atoms with E-state index >= 15 is 0 Å². The quantitative estimate of drug-likeness (QED) is 0.809. The molecule has 0 amide bonds. The van der Waals surface area contributed by atoms with Gasteiger partial charge in [0, 0.05) is 6.20 Å². The molecule has 2 heterocycles. The third-order valence-electron chi connectivity index (χ3n) is 2.29. The SMILES string of the molecule is Cc1cccnc1CC(=O)c1ccc(Br)s1. The number of nitrogens with zero attached hydrogens (tertiary/aromatic N) is 1. The molecule has 0 fully saturated rings. The van der Waals surface area contributed by atoms with Crippen molar-refractivity contribution in [3.63, 3.8) is 0 Å². The van der Waals surface area contributed by atoms with Gasteiger partial charge in [-0.2, -0.15) is 0 Å². The van der Waals surface area contributed by atoms with E-state index in [0.29, 0.717) is 6.42 Å². The van der Waals surface area contributed by atoms with Crippen molar-refractivity contribution in [3.05, 3.63) is 50.4 Å². The van der Waals surface area contributed by atoms with Crippen LogP contribution in [0.5, 0.6) is 0 Å². The molecule has 0 saturated carbocycles. The Labute approximate surface area is 106 Å². The van der Waals surface area contributed by atoms with E-state index in [9.17, 15) is 4.79 Å². The van der Waals surface area contributed by atoms with Gasteiger partial charge in [-0.3, -0.25) is 9.78 Å². The number of hydrogen-bond acceptors (Lipinski definition) is 3. The summed E-state index contributed by atoms with van der Waals surface area (Å²) >= 11 is 4.81. The summed E-state index contributed by atoms with van der Waals surface area (Å²) in [5, 5.41) is 0. The third kappa shape index (κ3) is 2.57. The predicted octanol–water partition coefficient (Wildman–Crippen LogP) is 3.64. The van der Waals surface area contributed by atoms with Crippen LogP contribution in [0.15, 0.2) is 34.2 Å². The van der Waals surface area contributed by atoms with E-state index < -0.39 is 0 Å². The highest BCUT2D eigenvalue weighted by atomic mass is 79.9. The van der Waals surface area contributed by atoms with Gasteiger partial charge in [-0.25, -0.2) is 0 Å². The number of pyridine rings is 1. The van der Waals surface area contributed by atoms with E-state index in [1.165, 1.54) is 11.3 Å². The topological polar surface area (TPSA) is 30.0 Å². The van der Waals surface area contributed by atoms with Gasteiger partial charge in [0.1, 0.15) is 0 Å². The minimum absolute atomic E-state index is 0.123. The van der Waals surface area contributed by atoms with Crippen molar-refractivity contribution < 1.29 is 4.79 Å². The Balaban J connectivity index is 2.17. The molecule has 0 aliphatic carbocycles. The van der Waals surface area contributed by atoms with Gasteiger partial charge >= 0.3 is 0 Å². The number of rotatable bonds is 3. The summed E-state index contributed by atoms with van der Waals surface area (Å²) in [5.41, 5.74) is 1.92. The number of Topliss-reactive ketones (excluding diaryl/α,β-unsaturated/α-hetero) is 1. The zero-order valence-corrected chi connectivity index (χ0v) is 11.1. The van der Waals surface area contributed by atoms with Gasteiger partial charge in [-0.05, 0) is 46.6 Å². The van der Waals surface area contributed by atoms with E-state index in [2.05, 4.69) is 20.9 Å². The minimum atomic E-state index is 0.123. The van der Waals surface area contributed by atoms with Crippen LogP contribution in [0, 0.1) is 6.92 Å². The molecule has 4 heteroatoms. The lowest BCUT2D eigenvalue weighted by molar-refractivity contribution is 0.0995. The van der Waals surface area contributed by atoms with Crippen LogP contribution in [0.1, 0.15) is 20.9 Å². The van der Waals surface area contributed by atoms with E-state index in [4.69, 9.17) is 0 Å². The van der Waals surface area contributed by atoms with Crippen LogP contribution in [-0.2, 0) is 6.42 Å². The van der Waals surface area contributed by atoms with Crippen LogP contribution in [0.25, 0.3) is 0 Å². The fraction of sp³-hybridized carbons (Fsp3) is 0.167. The molecule has 0 N–H and O–H groups in total. The average molecular weight is 296 g/mol. The number of ketones is 1. The molecule has 2 rings (SSSR count). The van der Waals surface area contributed by atoms with E-state index in [-0.39, 0.29) is 5.78 Å². The Bertz CT molecular complexity index is 521. The van der Waals surface area contributed by atoms with Crippen molar-refractivity contribution in [3.8, 4) is 0 Å². The Hall–Kier alpha value is -1.000. The summed E-state index contributed by atoms with van der Waals surface area (Å²) in [4.78, 5) is 16.9. The number of aromatic nitrogens is 1. The predicted molar refractivity (Wildman–Crippen MR) is 69.0 cm³/mol. The third-order valence-corrected chi connectivity index (χ3v) is 3.96. The number of thiophene rings is 1. The lowest BCUT2D eigenvalue weighted by Crippen LogP contribution is -2.04. The normalized spacial score (nSPS) is 10.4. The molecule has 0 unspecified atom stereocenters. The second-order valence-electron chi connectivity index (χ2n) is 3.47. The zero-order valence-electron chi connectivity index (χ0n) is 8.74. The van der Waals surface area contributed by atoms with E-state index in [1.54, 1.807) is 6.20 Å². The van der Waals surface area contributed by atoms with Gasteiger partial charge in [-0.15, -0.1) is 11.3 Å². The number of halogens is 1. The summed E-state index contributed by atoms with van der Waals surface area (Å²) in [5.74, 6) is 0.123. The lowest BCUT2D eigenvalue weighted by Gasteiger charge is -2.01.